The summed E-state index contributed by atoms with van der Waals surface area (Å²) >= 11 is 3.27. The Morgan fingerprint density at radius 3 is 2.26 bits per heavy atom. The lowest BCUT2D eigenvalue weighted by molar-refractivity contribution is -0.313. The predicted octanol–water partition coefficient (Wildman–Crippen LogP) is 5.73. The Morgan fingerprint density at radius 1 is 1.03 bits per heavy atom. The number of nitrogens with two attached hydrogens (primary N) is 1. The number of alkyl halides is 6. The molecule has 0 spiro atoms. The number of benzene rings is 2. The number of aromatic nitrogens is 1. The van der Waals surface area contributed by atoms with E-state index in [0.29, 0.717) is 17.7 Å². The molecule has 0 saturated carbocycles. The second-order valence-corrected chi connectivity index (χ2v) is 8.57. The number of rotatable bonds is 4. The van der Waals surface area contributed by atoms with Crippen LogP contribution in [0.1, 0.15) is 12.0 Å². The van der Waals surface area contributed by atoms with Crippen LogP contribution in [0.25, 0.3) is 23.6 Å². The van der Waals surface area contributed by atoms with E-state index < -0.39 is 41.4 Å². The number of oxazole rings is 1. The monoisotopic (exact) mass is 545 g/mol. The maximum Gasteiger partial charge on any atom is 0.407 e. The summed E-state index contributed by atoms with van der Waals surface area (Å²) in [5.41, 5.74) is -0.846. The third-order valence-electron chi connectivity index (χ3n) is 5.72. The molecule has 0 radical (unpaired) electrons. The number of anilines is 1. The van der Waals surface area contributed by atoms with Crippen LogP contribution in [0.4, 0.5) is 37.7 Å². The van der Waals surface area contributed by atoms with E-state index in [-0.39, 0.29) is 22.3 Å². The van der Waals surface area contributed by atoms with Gasteiger partial charge in [-0.25, -0.2) is 4.98 Å². The van der Waals surface area contributed by atoms with E-state index >= 15 is 0 Å². The third-order valence-corrected chi connectivity index (χ3v) is 6.25. The van der Waals surface area contributed by atoms with Gasteiger partial charge in [0.1, 0.15) is 11.0 Å². The molecule has 1 unspecified atom stereocenters. The molecule has 2 aromatic carbocycles. The number of fused-ring (bicyclic) bond motifs is 1. The van der Waals surface area contributed by atoms with Gasteiger partial charge >= 0.3 is 12.4 Å². The fraction of sp³-hybridized carbons (Fsp3) is 0.227. The SMILES string of the molecule is Nc1ccc(C(C2C=c3oc(-c4ccc(Br)cc4)nc3=CC2)(C(F)(F)F)C(F)(F)F)cc1N=O. The largest absolute Gasteiger partial charge is 0.436 e. The molecule has 5 nitrogen and oxygen atoms in total. The van der Waals surface area contributed by atoms with Crippen LogP contribution in [0.5, 0.6) is 0 Å². The second kappa shape index (κ2) is 8.26. The minimum absolute atomic E-state index is 0.0511. The van der Waals surface area contributed by atoms with Crippen molar-refractivity contribution in [2.45, 2.75) is 24.2 Å². The van der Waals surface area contributed by atoms with Gasteiger partial charge in [-0.2, -0.15) is 26.3 Å². The van der Waals surface area contributed by atoms with Crippen LogP contribution in [0.15, 0.2) is 56.5 Å². The van der Waals surface area contributed by atoms with Crippen LogP contribution in [0, 0.1) is 10.8 Å². The van der Waals surface area contributed by atoms with Gasteiger partial charge in [-0.05, 0) is 59.6 Å². The number of hydrogen-bond acceptors (Lipinski definition) is 5. The van der Waals surface area contributed by atoms with E-state index in [9.17, 15) is 31.2 Å². The van der Waals surface area contributed by atoms with Gasteiger partial charge in [0.15, 0.2) is 10.8 Å². The Hall–Kier alpha value is -3.15. The van der Waals surface area contributed by atoms with Crippen LogP contribution in [-0.2, 0) is 5.41 Å². The summed E-state index contributed by atoms with van der Waals surface area (Å²) in [5.74, 6) is -2.09. The number of nitroso groups, excluding NO2 is 1. The second-order valence-electron chi connectivity index (χ2n) is 7.66. The Balaban J connectivity index is 1.93. The highest BCUT2D eigenvalue weighted by Crippen LogP contribution is 2.58. The molecule has 34 heavy (non-hydrogen) atoms. The van der Waals surface area contributed by atoms with E-state index in [1.807, 2.05) is 0 Å². The van der Waals surface area contributed by atoms with Crippen molar-refractivity contribution in [3.63, 3.8) is 0 Å². The summed E-state index contributed by atoms with van der Waals surface area (Å²) in [7, 11) is 0. The molecule has 0 bridgehead atoms. The average Bonchev–Trinajstić information content (AvgIpc) is 3.17. The highest BCUT2D eigenvalue weighted by atomic mass is 79.9. The van der Waals surface area contributed by atoms with Crippen LogP contribution in [0.2, 0.25) is 0 Å². The van der Waals surface area contributed by atoms with E-state index in [1.54, 1.807) is 24.3 Å². The zero-order valence-corrected chi connectivity index (χ0v) is 18.5. The van der Waals surface area contributed by atoms with Crippen molar-refractivity contribution < 1.29 is 30.8 Å². The smallest absolute Gasteiger partial charge is 0.407 e. The van der Waals surface area contributed by atoms with Gasteiger partial charge < -0.3 is 10.2 Å². The summed E-state index contributed by atoms with van der Waals surface area (Å²) < 4.78 is 92.8. The Bertz CT molecular complexity index is 1350. The molecule has 0 amide bonds. The van der Waals surface area contributed by atoms with Crippen LogP contribution in [0.3, 0.4) is 0 Å². The first-order valence-corrected chi connectivity index (χ1v) is 10.5. The molecule has 178 valence electrons. The highest BCUT2D eigenvalue weighted by Gasteiger charge is 2.74. The fourth-order valence-electron chi connectivity index (χ4n) is 4.11. The lowest BCUT2D eigenvalue weighted by Crippen LogP contribution is -2.59. The van der Waals surface area contributed by atoms with E-state index in [4.69, 9.17) is 10.2 Å². The van der Waals surface area contributed by atoms with Gasteiger partial charge in [-0.1, -0.05) is 28.1 Å². The molecule has 0 aliphatic heterocycles. The van der Waals surface area contributed by atoms with Crippen LogP contribution < -0.4 is 16.5 Å². The molecule has 1 atom stereocenters. The minimum Gasteiger partial charge on any atom is -0.436 e. The summed E-state index contributed by atoms with van der Waals surface area (Å²) in [5, 5.41) is 2.61. The Labute approximate surface area is 196 Å². The molecule has 12 heteroatoms. The lowest BCUT2D eigenvalue weighted by atomic mass is 9.66. The predicted molar refractivity (Wildman–Crippen MR) is 116 cm³/mol. The van der Waals surface area contributed by atoms with Gasteiger partial charge in [0.25, 0.3) is 0 Å². The first-order valence-electron chi connectivity index (χ1n) is 9.70. The van der Waals surface area contributed by atoms with Gasteiger partial charge in [0, 0.05) is 16.0 Å². The van der Waals surface area contributed by atoms with Crippen molar-refractivity contribution in [3.8, 4) is 11.5 Å². The molecule has 1 aliphatic rings. The maximum absolute atomic E-state index is 14.4. The molecule has 4 rings (SSSR count). The van der Waals surface area contributed by atoms with Crippen molar-refractivity contribution in [2.24, 2.45) is 11.1 Å². The van der Waals surface area contributed by atoms with E-state index in [1.165, 1.54) is 6.08 Å². The first kappa shape index (κ1) is 24.0. The normalized spacial score (nSPS) is 16.4. The number of halogens is 7. The summed E-state index contributed by atoms with van der Waals surface area (Å²) in [6, 6.07) is 8.49. The molecule has 1 heterocycles. The molecule has 0 fully saturated rings. The van der Waals surface area contributed by atoms with Crippen molar-refractivity contribution in [2.75, 3.05) is 5.73 Å². The summed E-state index contributed by atoms with van der Waals surface area (Å²) in [6.45, 7) is 0. The maximum atomic E-state index is 14.4. The van der Waals surface area contributed by atoms with Gasteiger partial charge in [-0.15, -0.1) is 4.91 Å². The summed E-state index contributed by atoms with van der Waals surface area (Å²) in [6.07, 6.45) is -10.2. The Kier molecular flexibility index (Phi) is 5.83. The van der Waals surface area contributed by atoms with Gasteiger partial charge in [0.2, 0.25) is 5.89 Å². The first-order chi connectivity index (χ1) is 15.9. The van der Waals surface area contributed by atoms with Crippen molar-refractivity contribution in [1.29, 1.82) is 0 Å². The van der Waals surface area contributed by atoms with Crippen molar-refractivity contribution >= 4 is 39.5 Å². The molecule has 2 N–H and O–H groups in total. The quantitative estimate of drug-likeness (QED) is 0.258. The molecular formula is C22H14BrF6N3O2. The van der Waals surface area contributed by atoms with E-state index in [2.05, 4.69) is 26.1 Å². The number of nitrogens with zero attached hydrogens (tertiary/aromatic N) is 2. The van der Waals surface area contributed by atoms with Gasteiger partial charge in [-0.3, -0.25) is 0 Å². The molecular weight excluding hydrogens is 532 g/mol. The zero-order chi connectivity index (χ0) is 24.9. The molecule has 1 aromatic heterocycles. The fourth-order valence-corrected chi connectivity index (χ4v) is 4.37. The van der Waals surface area contributed by atoms with Crippen LogP contribution >= 0.6 is 15.9 Å². The van der Waals surface area contributed by atoms with Crippen LogP contribution in [-0.4, -0.2) is 17.3 Å². The number of hydrogen-bond donors (Lipinski definition) is 1. The van der Waals surface area contributed by atoms with Crippen molar-refractivity contribution in [3.05, 3.63) is 68.2 Å². The topological polar surface area (TPSA) is 81.5 Å². The Morgan fingerprint density at radius 2 is 1.68 bits per heavy atom. The van der Waals surface area contributed by atoms with Crippen molar-refractivity contribution in [1.82, 2.24) is 4.98 Å². The molecule has 1 aliphatic carbocycles. The number of nitrogen functional groups attached to an aromatic ring is 1. The average molecular weight is 546 g/mol. The summed E-state index contributed by atoms with van der Waals surface area (Å²) in [4.78, 5) is 15.2. The molecule has 3 aromatic rings. The molecule has 0 saturated heterocycles. The highest BCUT2D eigenvalue weighted by molar-refractivity contribution is 9.10. The third kappa shape index (κ3) is 3.79. The minimum atomic E-state index is -5.79. The van der Waals surface area contributed by atoms with Gasteiger partial charge in [0.05, 0.1) is 5.69 Å². The zero-order valence-electron chi connectivity index (χ0n) is 16.9. The standard InChI is InChI=1S/C22H14BrF6N3O2/c23-14-5-1-11(2-6-14)19-31-16-8-4-13(10-18(16)34-19)20(21(24,25)26,22(27,28)29)12-3-7-15(30)17(9-12)32-33/h1-3,5-10,13H,4,30H2. The van der Waals surface area contributed by atoms with E-state index in [0.717, 1.165) is 16.6 Å². The lowest BCUT2D eigenvalue weighted by Gasteiger charge is -2.42.